The highest BCUT2D eigenvalue weighted by Crippen LogP contribution is 2.14. The molecule has 0 bridgehead atoms. The molecular weight excluding hydrogens is 244 g/mol. The van der Waals surface area contributed by atoms with E-state index in [9.17, 15) is 19.2 Å². The van der Waals surface area contributed by atoms with Gasteiger partial charge in [-0.05, 0) is 13.8 Å². The van der Waals surface area contributed by atoms with Crippen molar-refractivity contribution in [3.8, 4) is 0 Å². The fourth-order valence-electron chi connectivity index (χ4n) is 1.14. The van der Waals surface area contributed by atoms with Crippen LogP contribution in [0, 0.1) is 0 Å². The quantitative estimate of drug-likeness (QED) is 0.554. The highest BCUT2D eigenvalue weighted by Gasteiger charge is 2.35. The maximum Gasteiger partial charge on any atom is 0.326 e. The number of nitrogens with zero attached hydrogens (tertiary/aromatic N) is 1. The summed E-state index contributed by atoms with van der Waals surface area (Å²) < 4.78 is 0. The smallest absolute Gasteiger partial charge is 0.326 e. The summed E-state index contributed by atoms with van der Waals surface area (Å²) in [6, 6.07) is -1.77. The predicted molar refractivity (Wildman–Crippen MR) is 59.5 cm³/mol. The molecule has 1 aliphatic heterocycles. The summed E-state index contributed by atoms with van der Waals surface area (Å²) in [6.07, 6.45) is 0.271. The van der Waals surface area contributed by atoms with E-state index in [2.05, 4.69) is 0 Å². The van der Waals surface area contributed by atoms with Crippen molar-refractivity contribution in [2.75, 3.05) is 0 Å². The minimum absolute atomic E-state index is 0.135. The summed E-state index contributed by atoms with van der Waals surface area (Å²) in [5.74, 6) is -2.90. The predicted octanol–water partition coefficient (Wildman–Crippen LogP) is -0.973. The molecule has 1 saturated heterocycles. The molecule has 0 radical (unpaired) electrons. The molecule has 0 unspecified atom stereocenters. The molecule has 1 heterocycles. The van der Waals surface area contributed by atoms with Gasteiger partial charge in [0.15, 0.2) is 0 Å². The van der Waals surface area contributed by atoms with Crippen LogP contribution in [0.5, 0.6) is 0 Å². The Balaban J connectivity index is 0.000000411. The van der Waals surface area contributed by atoms with Crippen molar-refractivity contribution < 1.29 is 29.4 Å². The molecular formula is C10H16N2O6. The largest absolute Gasteiger partial charge is 0.480 e. The molecule has 0 spiro atoms. The van der Waals surface area contributed by atoms with Gasteiger partial charge in [0, 0.05) is 12.8 Å². The Morgan fingerprint density at radius 3 is 1.67 bits per heavy atom. The number of likely N-dealkylation sites (tertiary alicyclic amines) is 1. The van der Waals surface area contributed by atoms with Crippen LogP contribution in [0.2, 0.25) is 0 Å². The van der Waals surface area contributed by atoms with Crippen LogP contribution in [0.25, 0.3) is 0 Å². The van der Waals surface area contributed by atoms with E-state index in [-0.39, 0.29) is 12.8 Å². The molecule has 8 nitrogen and oxygen atoms in total. The lowest BCUT2D eigenvalue weighted by molar-refractivity contribution is -0.153. The zero-order valence-corrected chi connectivity index (χ0v) is 10.1. The lowest BCUT2D eigenvalue weighted by atomic mass is 10.3. The molecule has 8 heteroatoms. The molecule has 1 rings (SSSR count). The SMILES string of the molecule is C[C@@H](C(=O)O)N1C(=O)CCC1=O.C[C@H](N)C(=O)O. The average molecular weight is 260 g/mol. The molecule has 2 atom stereocenters. The summed E-state index contributed by atoms with van der Waals surface area (Å²) in [5, 5.41) is 16.4. The molecule has 4 N–H and O–H groups in total. The fourth-order valence-corrected chi connectivity index (χ4v) is 1.14. The summed E-state index contributed by atoms with van der Waals surface area (Å²) in [6.45, 7) is 2.74. The van der Waals surface area contributed by atoms with Crippen molar-refractivity contribution in [2.24, 2.45) is 5.73 Å². The third kappa shape index (κ3) is 4.50. The molecule has 18 heavy (non-hydrogen) atoms. The van der Waals surface area contributed by atoms with Gasteiger partial charge in [-0.25, -0.2) is 4.79 Å². The number of hydrogen-bond donors (Lipinski definition) is 3. The molecule has 0 aromatic rings. The lowest BCUT2D eigenvalue weighted by Gasteiger charge is -2.17. The summed E-state index contributed by atoms with van der Waals surface area (Å²) >= 11 is 0. The Bertz CT molecular complexity index is 349. The normalized spacial score (nSPS) is 17.8. The Morgan fingerprint density at radius 2 is 1.44 bits per heavy atom. The summed E-state index contributed by atoms with van der Waals surface area (Å²) in [4.78, 5) is 42.8. The second-order valence-corrected chi connectivity index (χ2v) is 3.80. The Morgan fingerprint density at radius 1 is 1.11 bits per heavy atom. The number of carboxylic acids is 2. The first-order valence-electron chi connectivity index (χ1n) is 5.24. The van der Waals surface area contributed by atoms with Crippen LogP contribution in [0.4, 0.5) is 0 Å². The van der Waals surface area contributed by atoms with E-state index < -0.39 is 35.8 Å². The molecule has 102 valence electrons. The van der Waals surface area contributed by atoms with E-state index in [0.29, 0.717) is 0 Å². The maximum absolute atomic E-state index is 11.0. The number of nitrogens with two attached hydrogens (primary N) is 1. The fraction of sp³-hybridized carbons (Fsp3) is 0.600. The van der Waals surface area contributed by atoms with Crippen LogP contribution < -0.4 is 5.73 Å². The van der Waals surface area contributed by atoms with Gasteiger partial charge in [0.25, 0.3) is 0 Å². The van der Waals surface area contributed by atoms with Crippen molar-refractivity contribution in [1.82, 2.24) is 4.90 Å². The van der Waals surface area contributed by atoms with Crippen LogP contribution in [0.15, 0.2) is 0 Å². The van der Waals surface area contributed by atoms with E-state index in [1.807, 2.05) is 0 Å². The molecule has 2 amide bonds. The van der Waals surface area contributed by atoms with Gasteiger partial charge in [0.2, 0.25) is 11.8 Å². The van der Waals surface area contributed by atoms with Gasteiger partial charge in [0.1, 0.15) is 12.1 Å². The van der Waals surface area contributed by atoms with Crippen molar-refractivity contribution in [2.45, 2.75) is 38.8 Å². The highest BCUT2D eigenvalue weighted by atomic mass is 16.4. The van der Waals surface area contributed by atoms with Gasteiger partial charge in [-0.3, -0.25) is 19.3 Å². The first kappa shape index (κ1) is 16.0. The second-order valence-electron chi connectivity index (χ2n) is 3.80. The third-order valence-electron chi connectivity index (χ3n) is 2.22. The number of carbonyl (C=O) groups excluding carboxylic acids is 2. The number of rotatable bonds is 3. The zero-order valence-electron chi connectivity index (χ0n) is 10.1. The standard InChI is InChI=1S/C7H9NO4.C3H7NO2/c1-4(7(11)12)8-5(9)2-3-6(8)10;1-2(4)3(5)6/h4H,2-3H2,1H3,(H,11,12);2H,4H2,1H3,(H,5,6)/t4-;2-/m00/s1. The Labute approximate surface area is 103 Å². The van der Waals surface area contributed by atoms with E-state index in [1.54, 1.807) is 0 Å². The topological polar surface area (TPSA) is 138 Å². The van der Waals surface area contributed by atoms with Crippen molar-refractivity contribution in [3.63, 3.8) is 0 Å². The maximum atomic E-state index is 11.0. The molecule has 1 aliphatic rings. The average Bonchev–Trinajstić information content (AvgIpc) is 2.58. The van der Waals surface area contributed by atoms with Crippen LogP contribution in [-0.2, 0) is 19.2 Å². The Hall–Kier alpha value is -1.96. The van der Waals surface area contributed by atoms with Gasteiger partial charge in [-0.15, -0.1) is 0 Å². The van der Waals surface area contributed by atoms with Crippen molar-refractivity contribution >= 4 is 23.8 Å². The van der Waals surface area contributed by atoms with E-state index in [1.165, 1.54) is 13.8 Å². The van der Waals surface area contributed by atoms with Crippen molar-refractivity contribution in [3.05, 3.63) is 0 Å². The number of hydrogen-bond acceptors (Lipinski definition) is 5. The first-order chi connectivity index (χ1) is 8.18. The number of imide groups is 1. The van der Waals surface area contributed by atoms with Crippen LogP contribution in [0.1, 0.15) is 26.7 Å². The molecule has 0 saturated carbocycles. The number of aliphatic carboxylic acids is 2. The molecule has 0 aromatic carbocycles. The minimum atomic E-state index is -1.15. The van der Waals surface area contributed by atoms with E-state index >= 15 is 0 Å². The highest BCUT2D eigenvalue weighted by molar-refractivity contribution is 6.04. The van der Waals surface area contributed by atoms with Gasteiger partial charge in [-0.2, -0.15) is 0 Å². The third-order valence-corrected chi connectivity index (χ3v) is 2.22. The number of carboxylic acid groups (broad SMARTS) is 2. The van der Waals surface area contributed by atoms with E-state index in [4.69, 9.17) is 15.9 Å². The van der Waals surface area contributed by atoms with Crippen LogP contribution in [0.3, 0.4) is 0 Å². The lowest BCUT2D eigenvalue weighted by Crippen LogP contribution is -2.42. The molecule has 1 fully saturated rings. The van der Waals surface area contributed by atoms with Crippen molar-refractivity contribution in [1.29, 1.82) is 0 Å². The molecule has 0 aliphatic carbocycles. The van der Waals surface area contributed by atoms with Gasteiger partial charge in [-0.1, -0.05) is 0 Å². The number of carbonyl (C=O) groups is 4. The van der Waals surface area contributed by atoms with E-state index in [0.717, 1.165) is 4.90 Å². The summed E-state index contributed by atoms with van der Waals surface area (Å²) in [7, 11) is 0. The number of amides is 2. The second kappa shape index (κ2) is 6.70. The minimum Gasteiger partial charge on any atom is -0.480 e. The molecule has 0 aromatic heterocycles. The van der Waals surface area contributed by atoms with Gasteiger partial charge >= 0.3 is 11.9 Å². The van der Waals surface area contributed by atoms with Gasteiger partial charge in [0.05, 0.1) is 0 Å². The Kier molecular flexibility index (Phi) is 5.97. The van der Waals surface area contributed by atoms with Crippen LogP contribution in [-0.4, -0.2) is 50.9 Å². The monoisotopic (exact) mass is 260 g/mol. The zero-order chi connectivity index (χ0) is 14.5. The van der Waals surface area contributed by atoms with Gasteiger partial charge < -0.3 is 15.9 Å². The summed E-state index contributed by atoms with van der Waals surface area (Å²) in [5.41, 5.74) is 4.84. The first-order valence-corrected chi connectivity index (χ1v) is 5.24. The van der Waals surface area contributed by atoms with Crippen LogP contribution >= 0.6 is 0 Å².